The van der Waals surface area contributed by atoms with Crippen LogP contribution < -0.4 is 4.74 Å². The average molecular weight is 276 g/mol. The molecule has 100 valence electrons. The molecule has 1 aliphatic rings. The van der Waals surface area contributed by atoms with Crippen molar-refractivity contribution in [1.82, 2.24) is 4.98 Å². The molecule has 0 spiro atoms. The average Bonchev–Trinajstić information content (AvgIpc) is 2.92. The lowest BCUT2D eigenvalue weighted by molar-refractivity contribution is 0.418. The number of aryl methyl sites for hydroxylation is 1. The van der Waals surface area contributed by atoms with Crippen molar-refractivity contribution in [2.45, 2.75) is 38.5 Å². The Hall–Kier alpha value is -1.28. The van der Waals surface area contributed by atoms with E-state index in [0.717, 1.165) is 32.9 Å². The Kier molecular flexibility index (Phi) is 3.36. The summed E-state index contributed by atoms with van der Waals surface area (Å²) in [5.74, 6) is 1.37. The van der Waals surface area contributed by atoms with Crippen LogP contribution in [0.15, 0.2) is 18.2 Å². The molecule has 0 amide bonds. The summed E-state index contributed by atoms with van der Waals surface area (Å²) in [5.41, 5.74) is 3.17. The van der Waals surface area contributed by atoms with E-state index < -0.39 is 0 Å². The highest BCUT2D eigenvalue weighted by Gasteiger charge is 2.21. The highest BCUT2D eigenvalue weighted by Crippen LogP contribution is 2.38. The fraction of sp³-hybridized carbons (Fsp3) is 0.438. The van der Waals surface area contributed by atoms with E-state index in [0.29, 0.717) is 5.92 Å². The zero-order chi connectivity index (χ0) is 13.4. The van der Waals surface area contributed by atoms with Crippen molar-refractivity contribution >= 4 is 22.5 Å². The van der Waals surface area contributed by atoms with E-state index in [1.165, 1.54) is 25.7 Å². The lowest BCUT2D eigenvalue weighted by Gasteiger charge is -2.14. The first-order valence-electron chi connectivity index (χ1n) is 6.84. The minimum Gasteiger partial charge on any atom is -0.494 e. The Morgan fingerprint density at radius 1 is 1.26 bits per heavy atom. The third-order valence-electron chi connectivity index (χ3n) is 4.10. The van der Waals surface area contributed by atoms with E-state index in [4.69, 9.17) is 21.3 Å². The molecule has 1 aromatic heterocycles. The molecule has 19 heavy (non-hydrogen) atoms. The van der Waals surface area contributed by atoms with Crippen LogP contribution in [0.3, 0.4) is 0 Å². The molecule has 1 heterocycles. The Morgan fingerprint density at radius 2 is 2.00 bits per heavy atom. The fourth-order valence-electron chi connectivity index (χ4n) is 3.04. The van der Waals surface area contributed by atoms with Crippen LogP contribution in [0.1, 0.15) is 42.9 Å². The molecule has 1 saturated carbocycles. The van der Waals surface area contributed by atoms with E-state index in [-0.39, 0.29) is 0 Å². The Morgan fingerprint density at radius 3 is 2.68 bits per heavy atom. The van der Waals surface area contributed by atoms with Crippen LogP contribution in [0.4, 0.5) is 0 Å². The minimum absolute atomic E-state index is 0.562. The molecule has 2 aromatic rings. The van der Waals surface area contributed by atoms with Gasteiger partial charge in [0.05, 0.1) is 12.1 Å². The van der Waals surface area contributed by atoms with Gasteiger partial charge in [-0.1, -0.05) is 30.5 Å². The molecule has 1 aliphatic carbocycles. The minimum atomic E-state index is 0.562. The monoisotopic (exact) mass is 275 g/mol. The fourth-order valence-corrected chi connectivity index (χ4v) is 3.39. The van der Waals surface area contributed by atoms with Crippen LogP contribution >= 0.6 is 11.6 Å². The van der Waals surface area contributed by atoms with Crippen molar-refractivity contribution in [2.75, 3.05) is 7.11 Å². The van der Waals surface area contributed by atoms with Gasteiger partial charge in [-0.25, -0.2) is 4.98 Å². The van der Waals surface area contributed by atoms with Crippen LogP contribution in [0.25, 0.3) is 10.9 Å². The molecular formula is C16H18ClNO. The SMILES string of the molecule is COc1ccc(C)c2c(Cl)cc(C3CCCC3)nc12. The quantitative estimate of drug-likeness (QED) is 0.781. The first-order chi connectivity index (χ1) is 9.20. The van der Waals surface area contributed by atoms with Crippen molar-refractivity contribution in [1.29, 1.82) is 0 Å². The van der Waals surface area contributed by atoms with Gasteiger partial charge in [0.25, 0.3) is 0 Å². The Balaban J connectivity index is 2.23. The second-order valence-electron chi connectivity index (χ2n) is 5.32. The molecular weight excluding hydrogens is 258 g/mol. The van der Waals surface area contributed by atoms with E-state index in [9.17, 15) is 0 Å². The molecule has 3 heteroatoms. The van der Waals surface area contributed by atoms with Gasteiger partial charge in [0.1, 0.15) is 11.3 Å². The molecule has 0 atom stereocenters. The van der Waals surface area contributed by atoms with Crippen molar-refractivity contribution in [3.63, 3.8) is 0 Å². The number of benzene rings is 1. The summed E-state index contributed by atoms with van der Waals surface area (Å²) < 4.78 is 5.43. The summed E-state index contributed by atoms with van der Waals surface area (Å²) in [6, 6.07) is 6.05. The molecule has 0 unspecified atom stereocenters. The lowest BCUT2D eigenvalue weighted by Crippen LogP contribution is -1.99. The molecule has 2 nitrogen and oxygen atoms in total. The van der Waals surface area contributed by atoms with Crippen LogP contribution in [0, 0.1) is 6.92 Å². The normalized spacial score (nSPS) is 16.2. The maximum atomic E-state index is 6.48. The van der Waals surface area contributed by atoms with Gasteiger partial charge in [0.15, 0.2) is 0 Å². The van der Waals surface area contributed by atoms with E-state index in [1.807, 2.05) is 18.2 Å². The number of fused-ring (bicyclic) bond motifs is 1. The van der Waals surface area contributed by atoms with Crippen LogP contribution in [-0.2, 0) is 0 Å². The second-order valence-corrected chi connectivity index (χ2v) is 5.73. The van der Waals surface area contributed by atoms with Gasteiger partial charge in [0.2, 0.25) is 0 Å². The first kappa shape index (κ1) is 12.7. The van der Waals surface area contributed by atoms with Crippen LogP contribution in [-0.4, -0.2) is 12.1 Å². The first-order valence-corrected chi connectivity index (χ1v) is 7.22. The largest absolute Gasteiger partial charge is 0.494 e. The van der Waals surface area contributed by atoms with E-state index >= 15 is 0 Å². The van der Waals surface area contributed by atoms with Gasteiger partial charge in [-0.2, -0.15) is 0 Å². The van der Waals surface area contributed by atoms with E-state index in [2.05, 4.69) is 6.92 Å². The zero-order valence-electron chi connectivity index (χ0n) is 11.4. The number of ether oxygens (including phenoxy) is 1. The third-order valence-corrected chi connectivity index (χ3v) is 4.40. The van der Waals surface area contributed by atoms with Gasteiger partial charge in [-0.05, 0) is 37.5 Å². The summed E-state index contributed by atoms with van der Waals surface area (Å²) in [6.07, 6.45) is 5.05. The summed E-state index contributed by atoms with van der Waals surface area (Å²) >= 11 is 6.48. The maximum absolute atomic E-state index is 6.48. The molecule has 0 aliphatic heterocycles. The topological polar surface area (TPSA) is 22.1 Å². The maximum Gasteiger partial charge on any atom is 0.145 e. The number of aromatic nitrogens is 1. The van der Waals surface area contributed by atoms with Crippen molar-refractivity contribution in [3.05, 3.63) is 34.5 Å². The Labute approximate surface area is 118 Å². The number of methoxy groups -OCH3 is 1. The highest BCUT2D eigenvalue weighted by atomic mass is 35.5. The molecule has 1 fully saturated rings. The molecule has 0 N–H and O–H groups in total. The molecule has 0 saturated heterocycles. The predicted octanol–water partition coefficient (Wildman–Crippen LogP) is 4.86. The number of hydrogen-bond donors (Lipinski definition) is 0. The number of halogens is 1. The van der Waals surface area contributed by atoms with Gasteiger partial charge in [-0.15, -0.1) is 0 Å². The highest BCUT2D eigenvalue weighted by molar-refractivity contribution is 6.35. The summed E-state index contributed by atoms with van der Waals surface area (Å²) in [6.45, 7) is 2.06. The van der Waals surface area contributed by atoms with Crippen LogP contribution in [0.5, 0.6) is 5.75 Å². The standard InChI is InChI=1S/C16H18ClNO/c1-10-7-8-14(19-2)16-15(10)12(17)9-13(18-16)11-5-3-4-6-11/h7-9,11H,3-6H2,1-2H3. The van der Waals surface area contributed by atoms with Gasteiger partial charge >= 0.3 is 0 Å². The molecule has 0 bridgehead atoms. The molecule has 3 rings (SSSR count). The smallest absolute Gasteiger partial charge is 0.145 e. The van der Waals surface area contributed by atoms with Crippen molar-refractivity contribution < 1.29 is 4.74 Å². The van der Waals surface area contributed by atoms with Crippen LogP contribution in [0.2, 0.25) is 5.02 Å². The number of rotatable bonds is 2. The van der Waals surface area contributed by atoms with Gasteiger partial charge in [0, 0.05) is 17.0 Å². The van der Waals surface area contributed by atoms with Crippen molar-refractivity contribution in [3.8, 4) is 5.75 Å². The summed E-state index contributed by atoms with van der Waals surface area (Å²) in [7, 11) is 1.68. The second kappa shape index (κ2) is 5.01. The summed E-state index contributed by atoms with van der Waals surface area (Å²) in [4.78, 5) is 4.84. The lowest BCUT2D eigenvalue weighted by atomic mass is 10.0. The van der Waals surface area contributed by atoms with E-state index in [1.54, 1.807) is 7.11 Å². The number of hydrogen-bond acceptors (Lipinski definition) is 2. The Bertz CT molecular complexity index is 618. The zero-order valence-corrected chi connectivity index (χ0v) is 12.1. The van der Waals surface area contributed by atoms with Crippen molar-refractivity contribution in [2.24, 2.45) is 0 Å². The summed E-state index contributed by atoms with van der Waals surface area (Å²) in [5, 5.41) is 1.81. The predicted molar refractivity (Wildman–Crippen MR) is 79.3 cm³/mol. The number of pyridine rings is 1. The molecule has 1 aromatic carbocycles. The third kappa shape index (κ3) is 2.18. The number of nitrogens with zero attached hydrogens (tertiary/aromatic N) is 1. The van der Waals surface area contributed by atoms with Gasteiger partial charge in [-0.3, -0.25) is 0 Å². The molecule has 0 radical (unpaired) electrons. The van der Waals surface area contributed by atoms with Gasteiger partial charge < -0.3 is 4.74 Å².